The molecule has 2 N–H and O–H groups in total. The van der Waals surface area contributed by atoms with E-state index in [0.717, 1.165) is 12.8 Å². The molecule has 0 aliphatic rings. The highest BCUT2D eigenvalue weighted by Gasteiger charge is 2.32. The molecule has 24 heavy (non-hydrogen) atoms. The van der Waals surface area contributed by atoms with Crippen LogP contribution in [0.2, 0.25) is 5.02 Å². The molecule has 1 amide bonds. The Balaban J connectivity index is 2.20. The van der Waals surface area contributed by atoms with Gasteiger partial charge in [-0.05, 0) is 29.7 Å². The van der Waals surface area contributed by atoms with Crippen LogP contribution in [0.15, 0.2) is 54.6 Å². The molecule has 0 radical (unpaired) electrons. The van der Waals surface area contributed by atoms with Crippen LogP contribution in [0.25, 0.3) is 0 Å². The van der Waals surface area contributed by atoms with E-state index >= 15 is 0 Å². The molecule has 1 unspecified atom stereocenters. The number of nitrogens with one attached hydrogen (secondary N) is 1. The molecule has 1 atom stereocenters. The van der Waals surface area contributed by atoms with Gasteiger partial charge in [0, 0.05) is 5.02 Å². The van der Waals surface area contributed by atoms with Crippen molar-refractivity contribution in [1.82, 2.24) is 5.32 Å². The number of aliphatic hydroxyl groups is 1. The summed E-state index contributed by atoms with van der Waals surface area (Å²) in [7, 11) is 0. The van der Waals surface area contributed by atoms with E-state index < -0.39 is 11.7 Å². The maximum absolute atomic E-state index is 11.8. The van der Waals surface area contributed by atoms with Crippen molar-refractivity contribution in [3.63, 3.8) is 0 Å². The highest BCUT2D eigenvalue weighted by atomic mass is 35.5. The molecule has 128 valence electrons. The second-order valence-corrected chi connectivity index (χ2v) is 6.02. The minimum absolute atomic E-state index is 0.0116. The smallest absolute Gasteiger partial charge is 0.407 e. The summed E-state index contributed by atoms with van der Waals surface area (Å²) in [6.45, 7) is 2.38. The predicted molar refractivity (Wildman–Crippen MR) is 95.2 cm³/mol. The zero-order valence-corrected chi connectivity index (χ0v) is 14.4. The SMILES string of the molecule is CCCCOC(=O)NCC(O)(c1ccccc1)c1cccc(Cl)c1. The van der Waals surface area contributed by atoms with Crippen LogP contribution in [0.4, 0.5) is 4.79 Å². The van der Waals surface area contributed by atoms with E-state index in [-0.39, 0.29) is 6.54 Å². The maximum Gasteiger partial charge on any atom is 0.407 e. The topological polar surface area (TPSA) is 58.6 Å². The number of unbranched alkanes of at least 4 members (excludes halogenated alkanes) is 1. The molecule has 0 saturated heterocycles. The van der Waals surface area contributed by atoms with Gasteiger partial charge in [-0.3, -0.25) is 0 Å². The zero-order chi connectivity index (χ0) is 17.4. The number of hydrogen-bond donors (Lipinski definition) is 2. The monoisotopic (exact) mass is 347 g/mol. The Bertz CT molecular complexity index is 663. The van der Waals surface area contributed by atoms with Gasteiger partial charge in [-0.25, -0.2) is 4.79 Å². The second kappa shape index (κ2) is 8.71. The summed E-state index contributed by atoms with van der Waals surface area (Å²) in [6, 6.07) is 16.1. The van der Waals surface area contributed by atoms with Crippen molar-refractivity contribution in [2.45, 2.75) is 25.4 Å². The average molecular weight is 348 g/mol. The molecule has 0 aliphatic heterocycles. The highest BCUT2D eigenvalue weighted by Crippen LogP contribution is 2.30. The fourth-order valence-corrected chi connectivity index (χ4v) is 2.58. The van der Waals surface area contributed by atoms with Gasteiger partial charge in [0.2, 0.25) is 0 Å². The molecule has 0 saturated carbocycles. The molecule has 0 heterocycles. The first-order valence-electron chi connectivity index (χ1n) is 8.01. The van der Waals surface area contributed by atoms with Crippen molar-refractivity contribution >= 4 is 17.7 Å². The van der Waals surface area contributed by atoms with Gasteiger partial charge in [-0.1, -0.05) is 67.4 Å². The number of ether oxygens (including phenoxy) is 1. The van der Waals surface area contributed by atoms with Gasteiger partial charge in [-0.2, -0.15) is 0 Å². The molecule has 2 rings (SSSR count). The number of carbonyl (C=O) groups is 1. The number of amides is 1. The third-order valence-corrected chi connectivity index (χ3v) is 4.01. The molecule has 0 fully saturated rings. The fourth-order valence-electron chi connectivity index (χ4n) is 2.39. The van der Waals surface area contributed by atoms with E-state index in [4.69, 9.17) is 16.3 Å². The summed E-state index contributed by atoms with van der Waals surface area (Å²) in [5.74, 6) is 0. The lowest BCUT2D eigenvalue weighted by atomic mass is 9.86. The number of carbonyl (C=O) groups excluding carboxylic acids is 1. The van der Waals surface area contributed by atoms with Crippen molar-refractivity contribution in [2.75, 3.05) is 13.2 Å². The van der Waals surface area contributed by atoms with Crippen molar-refractivity contribution in [3.05, 3.63) is 70.7 Å². The molecule has 4 nitrogen and oxygen atoms in total. The van der Waals surface area contributed by atoms with Crippen LogP contribution in [0.3, 0.4) is 0 Å². The van der Waals surface area contributed by atoms with Crippen LogP contribution >= 0.6 is 11.6 Å². The summed E-state index contributed by atoms with van der Waals surface area (Å²) in [5, 5.41) is 14.4. The third-order valence-electron chi connectivity index (χ3n) is 3.77. The minimum atomic E-state index is -1.39. The number of hydrogen-bond acceptors (Lipinski definition) is 3. The quantitative estimate of drug-likeness (QED) is 0.741. The third kappa shape index (κ3) is 4.73. The van der Waals surface area contributed by atoms with E-state index in [1.165, 1.54) is 0 Å². The minimum Gasteiger partial charge on any atom is -0.450 e. The fraction of sp³-hybridized carbons (Fsp3) is 0.316. The van der Waals surface area contributed by atoms with Gasteiger partial charge < -0.3 is 15.2 Å². The van der Waals surface area contributed by atoms with Crippen LogP contribution in [-0.4, -0.2) is 24.4 Å². The number of benzene rings is 2. The van der Waals surface area contributed by atoms with Crippen LogP contribution < -0.4 is 5.32 Å². The van der Waals surface area contributed by atoms with Crippen LogP contribution in [0, 0.1) is 0 Å². The number of rotatable bonds is 7. The molecule has 0 aliphatic carbocycles. The summed E-state index contributed by atoms with van der Waals surface area (Å²) < 4.78 is 5.09. The van der Waals surface area contributed by atoms with E-state index in [1.807, 2.05) is 37.3 Å². The van der Waals surface area contributed by atoms with E-state index in [0.29, 0.717) is 22.8 Å². The molecule has 2 aromatic carbocycles. The van der Waals surface area contributed by atoms with E-state index in [9.17, 15) is 9.90 Å². The van der Waals surface area contributed by atoms with E-state index in [2.05, 4.69) is 5.32 Å². The lowest BCUT2D eigenvalue weighted by molar-refractivity contribution is 0.0740. The molecular formula is C19H22ClNO3. The summed E-state index contributed by atoms with van der Waals surface area (Å²) in [6.07, 6.45) is 1.22. The van der Waals surface area contributed by atoms with Crippen molar-refractivity contribution < 1.29 is 14.6 Å². The van der Waals surface area contributed by atoms with Gasteiger partial charge in [0.15, 0.2) is 0 Å². The van der Waals surface area contributed by atoms with Crippen molar-refractivity contribution in [1.29, 1.82) is 0 Å². The Labute approximate surface area is 147 Å². The highest BCUT2D eigenvalue weighted by molar-refractivity contribution is 6.30. The lowest BCUT2D eigenvalue weighted by Crippen LogP contribution is -2.42. The molecule has 0 bridgehead atoms. The van der Waals surface area contributed by atoms with Gasteiger partial charge >= 0.3 is 6.09 Å². The molecule has 5 heteroatoms. The van der Waals surface area contributed by atoms with Crippen molar-refractivity contribution in [2.24, 2.45) is 0 Å². The van der Waals surface area contributed by atoms with Crippen LogP contribution in [0.5, 0.6) is 0 Å². The Morgan fingerprint density at radius 3 is 2.54 bits per heavy atom. The summed E-state index contributed by atoms with van der Waals surface area (Å²) in [5.41, 5.74) is -0.119. The standard InChI is InChI=1S/C19H22ClNO3/c1-2-3-12-24-18(22)21-14-19(23,15-8-5-4-6-9-15)16-10-7-11-17(20)13-16/h4-11,13,23H,2-3,12,14H2,1H3,(H,21,22). The largest absolute Gasteiger partial charge is 0.450 e. The predicted octanol–water partition coefficient (Wildman–Crippen LogP) is 4.10. The maximum atomic E-state index is 11.8. The number of alkyl carbamates (subject to hydrolysis) is 1. The summed E-state index contributed by atoms with van der Waals surface area (Å²) >= 11 is 6.06. The first kappa shape index (κ1) is 18.3. The lowest BCUT2D eigenvalue weighted by Gasteiger charge is -2.29. The molecular weight excluding hydrogens is 326 g/mol. The molecule has 0 spiro atoms. The number of halogens is 1. The van der Waals surface area contributed by atoms with Gasteiger partial charge in [-0.15, -0.1) is 0 Å². The Morgan fingerprint density at radius 2 is 1.88 bits per heavy atom. The first-order valence-corrected chi connectivity index (χ1v) is 8.38. The normalized spacial score (nSPS) is 13.1. The van der Waals surface area contributed by atoms with Gasteiger partial charge in [0.1, 0.15) is 5.60 Å². The first-order chi connectivity index (χ1) is 11.6. The molecule has 0 aromatic heterocycles. The van der Waals surface area contributed by atoms with E-state index in [1.54, 1.807) is 24.3 Å². The molecule has 2 aromatic rings. The van der Waals surface area contributed by atoms with Crippen LogP contribution in [0.1, 0.15) is 30.9 Å². The van der Waals surface area contributed by atoms with Crippen LogP contribution in [-0.2, 0) is 10.3 Å². The van der Waals surface area contributed by atoms with Gasteiger partial charge in [0.25, 0.3) is 0 Å². The zero-order valence-electron chi connectivity index (χ0n) is 13.7. The summed E-state index contributed by atoms with van der Waals surface area (Å²) in [4.78, 5) is 11.8. The Kier molecular flexibility index (Phi) is 6.64. The Hall–Kier alpha value is -2.04. The van der Waals surface area contributed by atoms with Crippen molar-refractivity contribution in [3.8, 4) is 0 Å². The average Bonchev–Trinajstić information content (AvgIpc) is 2.60. The van der Waals surface area contributed by atoms with Gasteiger partial charge in [0.05, 0.1) is 13.2 Å². The second-order valence-electron chi connectivity index (χ2n) is 5.58. The Morgan fingerprint density at radius 1 is 1.17 bits per heavy atom.